The van der Waals surface area contributed by atoms with Gasteiger partial charge in [0.05, 0.1) is 0 Å². The largest absolute Gasteiger partial charge is 0.347 e. The molecule has 16 heavy (non-hydrogen) atoms. The van der Waals surface area contributed by atoms with Gasteiger partial charge in [-0.1, -0.05) is 0 Å². The molecule has 5 heteroatoms. The summed E-state index contributed by atoms with van der Waals surface area (Å²) >= 11 is 0. The summed E-state index contributed by atoms with van der Waals surface area (Å²) in [5.74, 6) is 0.0950. The van der Waals surface area contributed by atoms with Gasteiger partial charge in [-0.05, 0) is 25.0 Å². The van der Waals surface area contributed by atoms with E-state index in [9.17, 15) is 4.79 Å². The molecule has 1 fully saturated rings. The lowest BCUT2D eigenvalue weighted by Gasteiger charge is -2.30. The van der Waals surface area contributed by atoms with Gasteiger partial charge in [-0.25, -0.2) is 0 Å². The number of hydrogen-bond acceptors (Lipinski definition) is 2. The van der Waals surface area contributed by atoms with Crippen LogP contribution in [0.25, 0.3) is 0 Å². The summed E-state index contributed by atoms with van der Waals surface area (Å²) in [6.07, 6.45) is 3.92. The van der Waals surface area contributed by atoms with E-state index in [0.717, 1.165) is 25.1 Å². The van der Waals surface area contributed by atoms with Gasteiger partial charge in [0.25, 0.3) is 5.91 Å². The normalized spacial score (nSPS) is 20.4. The van der Waals surface area contributed by atoms with Crippen molar-refractivity contribution >= 4 is 18.3 Å². The highest BCUT2D eigenvalue weighted by molar-refractivity contribution is 5.92. The maximum absolute atomic E-state index is 12.1. The number of nitrogens with two attached hydrogens (primary N) is 1. The van der Waals surface area contributed by atoms with Crippen LogP contribution in [0.15, 0.2) is 18.3 Å². The summed E-state index contributed by atoms with van der Waals surface area (Å²) in [6.45, 7) is 1.52. The summed E-state index contributed by atoms with van der Waals surface area (Å²) in [7, 11) is 1.89. The Balaban J connectivity index is 0.00000128. The molecule has 0 aliphatic carbocycles. The Morgan fingerprint density at radius 1 is 1.56 bits per heavy atom. The molecule has 90 valence electrons. The van der Waals surface area contributed by atoms with Crippen molar-refractivity contribution in [2.45, 2.75) is 18.9 Å². The lowest BCUT2D eigenvalue weighted by atomic mass is 10.1. The maximum Gasteiger partial charge on any atom is 0.270 e. The summed E-state index contributed by atoms with van der Waals surface area (Å²) in [4.78, 5) is 13.9. The Hall–Kier alpha value is -1.00. The zero-order valence-electron chi connectivity index (χ0n) is 9.43. The third kappa shape index (κ3) is 2.57. The molecule has 2 rings (SSSR count). The smallest absolute Gasteiger partial charge is 0.270 e. The van der Waals surface area contributed by atoms with Crippen LogP contribution in [-0.2, 0) is 7.05 Å². The van der Waals surface area contributed by atoms with Gasteiger partial charge in [0.1, 0.15) is 5.69 Å². The quantitative estimate of drug-likeness (QED) is 0.801. The first-order chi connectivity index (χ1) is 7.18. The van der Waals surface area contributed by atoms with Crippen LogP contribution in [0.4, 0.5) is 0 Å². The van der Waals surface area contributed by atoms with Crippen molar-refractivity contribution in [1.82, 2.24) is 9.47 Å². The molecule has 4 nitrogen and oxygen atoms in total. The molecule has 0 spiro atoms. The van der Waals surface area contributed by atoms with Crippen LogP contribution < -0.4 is 5.73 Å². The van der Waals surface area contributed by atoms with Gasteiger partial charge in [0, 0.05) is 32.4 Å². The number of halogens is 1. The number of piperidine rings is 1. The van der Waals surface area contributed by atoms with Crippen molar-refractivity contribution < 1.29 is 4.79 Å². The lowest BCUT2D eigenvalue weighted by Crippen LogP contribution is -2.46. The van der Waals surface area contributed by atoms with E-state index in [0.29, 0.717) is 6.54 Å². The molecular formula is C11H18ClN3O. The number of nitrogens with zero attached hydrogens (tertiary/aromatic N) is 2. The van der Waals surface area contributed by atoms with E-state index in [1.807, 2.05) is 34.8 Å². The van der Waals surface area contributed by atoms with E-state index in [4.69, 9.17) is 5.73 Å². The molecule has 0 aromatic carbocycles. The second-order valence-corrected chi connectivity index (χ2v) is 4.16. The summed E-state index contributed by atoms with van der Waals surface area (Å²) in [5, 5.41) is 0. The fraction of sp³-hybridized carbons (Fsp3) is 0.545. The predicted molar refractivity (Wildman–Crippen MR) is 65.8 cm³/mol. The molecule has 2 N–H and O–H groups in total. The monoisotopic (exact) mass is 243 g/mol. The number of carbonyl (C=O) groups is 1. The SMILES string of the molecule is Cl.Cn1cccc1C(=O)N1CCC[C@@H](N)C1. The Bertz CT molecular complexity index is 364. The molecule has 0 radical (unpaired) electrons. The fourth-order valence-electron chi connectivity index (χ4n) is 2.04. The number of rotatable bonds is 1. The van der Waals surface area contributed by atoms with Crippen LogP contribution in [-0.4, -0.2) is 34.5 Å². The van der Waals surface area contributed by atoms with Crippen molar-refractivity contribution in [2.75, 3.05) is 13.1 Å². The van der Waals surface area contributed by atoms with Crippen molar-refractivity contribution in [2.24, 2.45) is 12.8 Å². The Labute approximate surface area is 102 Å². The lowest BCUT2D eigenvalue weighted by molar-refractivity contribution is 0.0699. The third-order valence-electron chi connectivity index (χ3n) is 2.91. The predicted octanol–water partition coefficient (Wildman–Crippen LogP) is 1.01. The first-order valence-corrected chi connectivity index (χ1v) is 5.34. The van der Waals surface area contributed by atoms with Gasteiger partial charge in [-0.2, -0.15) is 0 Å². The number of amides is 1. The molecule has 1 aromatic rings. The first-order valence-electron chi connectivity index (χ1n) is 5.34. The zero-order chi connectivity index (χ0) is 10.8. The third-order valence-corrected chi connectivity index (χ3v) is 2.91. The van der Waals surface area contributed by atoms with E-state index in [-0.39, 0.29) is 24.4 Å². The minimum atomic E-state index is 0. The van der Waals surface area contributed by atoms with E-state index < -0.39 is 0 Å². The van der Waals surface area contributed by atoms with Crippen LogP contribution in [0.5, 0.6) is 0 Å². The van der Waals surface area contributed by atoms with Gasteiger partial charge in [-0.3, -0.25) is 4.79 Å². The van der Waals surface area contributed by atoms with E-state index in [1.165, 1.54) is 0 Å². The van der Waals surface area contributed by atoms with Gasteiger partial charge in [0.15, 0.2) is 0 Å². The Morgan fingerprint density at radius 2 is 2.31 bits per heavy atom. The number of likely N-dealkylation sites (tertiary alicyclic amines) is 1. The van der Waals surface area contributed by atoms with Gasteiger partial charge < -0.3 is 15.2 Å². The topological polar surface area (TPSA) is 51.3 Å². The second-order valence-electron chi connectivity index (χ2n) is 4.16. The van der Waals surface area contributed by atoms with Crippen LogP contribution in [0, 0.1) is 0 Å². The van der Waals surface area contributed by atoms with E-state index in [1.54, 1.807) is 0 Å². The maximum atomic E-state index is 12.1. The molecule has 1 aliphatic heterocycles. The van der Waals surface area contributed by atoms with Crippen molar-refractivity contribution in [3.63, 3.8) is 0 Å². The average molecular weight is 244 g/mol. The molecule has 0 unspecified atom stereocenters. The zero-order valence-corrected chi connectivity index (χ0v) is 10.2. The molecule has 1 aromatic heterocycles. The number of aryl methyl sites for hydroxylation is 1. The average Bonchev–Trinajstić information content (AvgIpc) is 2.63. The van der Waals surface area contributed by atoms with Gasteiger partial charge in [-0.15, -0.1) is 12.4 Å². The van der Waals surface area contributed by atoms with E-state index in [2.05, 4.69) is 0 Å². The molecular weight excluding hydrogens is 226 g/mol. The molecule has 1 amide bonds. The van der Waals surface area contributed by atoms with Crippen LogP contribution >= 0.6 is 12.4 Å². The first kappa shape index (κ1) is 13.1. The molecule has 2 heterocycles. The van der Waals surface area contributed by atoms with Crippen molar-refractivity contribution in [3.8, 4) is 0 Å². The summed E-state index contributed by atoms with van der Waals surface area (Å²) < 4.78 is 1.85. The Kier molecular flexibility index (Phi) is 4.38. The van der Waals surface area contributed by atoms with Gasteiger partial charge >= 0.3 is 0 Å². The molecule has 1 aliphatic rings. The number of hydrogen-bond donors (Lipinski definition) is 1. The van der Waals surface area contributed by atoms with Crippen molar-refractivity contribution in [1.29, 1.82) is 0 Å². The Morgan fingerprint density at radius 3 is 2.88 bits per heavy atom. The van der Waals surface area contributed by atoms with Crippen LogP contribution in [0.3, 0.4) is 0 Å². The highest BCUT2D eigenvalue weighted by atomic mass is 35.5. The molecule has 1 atom stereocenters. The number of carbonyl (C=O) groups excluding carboxylic acids is 1. The summed E-state index contributed by atoms with van der Waals surface area (Å²) in [6, 6.07) is 3.88. The standard InChI is InChI=1S/C11H17N3O.ClH/c1-13-6-3-5-10(13)11(15)14-7-2-4-9(12)8-14;/h3,5-6,9H,2,4,7-8,12H2,1H3;1H/t9-;/m1./s1. The van der Waals surface area contributed by atoms with Gasteiger partial charge in [0.2, 0.25) is 0 Å². The highest BCUT2D eigenvalue weighted by Gasteiger charge is 2.23. The molecule has 0 bridgehead atoms. The molecule has 0 saturated carbocycles. The van der Waals surface area contributed by atoms with Crippen LogP contribution in [0.2, 0.25) is 0 Å². The van der Waals surface area contributed by atoms with Crippen LogP contribution in [0.1, 0.15) is 23.3 Å². The van der Waals surface area contributed by atoms with E-state index >= 15 is 0 Å². The second kappa shape index (κ2) is 5.37. The summed E-state index contributed by atoms with van der Waals surface area (Å²) in [5.41, 5.74) is 6.59. The minimum Gasteiger partial charge on any atom is -0.347 e. The molecule has 1 saturated heterocycles. The fourth-order valence-corrected chi connectivity index (χ4v) is 2.04. The number of aromatic nitrogens is 1. The minimum absolute atomic E-state index is 0. The van der Waals surface area contributed by atoms with Crippen molar-refractivity contribution in [3.05, 3.63) is 24.0 Å². The highest BCUT2D eigenvalue weighted by Crippen LogP contribution is 2.12.